The quantitative estimate of drug-likeness (QED) is 0.692. The number of nitrogens with one attached hydrogen (secondary N) is 1. The molecule has 0 aromatic heterocycles. The van der Waals surface area contributed by atoms with Gasteiger partial charge < -0.3 is 20.1 Å². The van der Waals surface area contributed by atoms with E-state index in [-0.39, 0.29) is 31.1 Å². The first-order valence-electron chi connectivity index (χ1n) is 7.32. The fourth-order valence-electron chi connectivity index (χ4n) is 2.27. The van der Waals surface area contributed by atoms with Crippen molar-refractivity contribution in [3.8, 4) is 0 Å². The summed E-state index contributed by atoms with van der Waals surface area (Å²) in [6.45, 7) is 6.80. The molecule has 0 aromatic carbocycles. The summed E-state index contributed by atoms with van der Waals surface area (Å²) in [4.78, 5) is 24.2. The van der Waals surface area contributed by atoms with Crippen LogP contribution in [-0.2, 0) is 14.3 Å². The normalized spacial score (nSPS) is 17.4. The molecule has 6 nitrogen and oxygen atoms in total. The van der Waals surface area contributed by atoms with Crippen molar-refractivity contribution in [3.63, 3.8) is 0 Å². The largest absolute Gasteiger partial charge is 0.481 e. The average Bonchev–Trinajstić information content (AvgIpc) is 2.36. The van der Waals surface area contributed by atoms with Crippen molar-refractivity contribution < 1.29 is 19.4 Å². The zero-order valence-electron chi connectivity index (χ0n) is 12.4. The second-order valence-corrected chi connectivity index (χ2v) is 5.53. The Kier molecular flexibility index (Phi) is 7.54. The highest BCUT2D eigenvalue weighted by Crippen LogP contribution is 2.14. The van der Waals surface area contributed by atoms with Gasteiger partial charge in [0.15, 0.2) is 0 Å². The van der Waals surface area contributed by atoms with Gasteiger partial charge in [-0.2, -0.15) is 0 Å². The fourth-order valence-corrected chi connectivity index (χ4v) is 2.27. The molecule has 0 radical (unpaired) electrons. The molecule has 1 fully saturated rings. The summed E-state index contributed by atoms with van der Waals surface area (Å²) in [6.07, 6.45) is 2.57. The van der Waals surface area contributed by atoms with E-state index in [4.69, 9.17) is 9.84 Å². The summed E-state index contributed by atoms with van der Waals surface area (Å²) < 4.78 is 5.53. The molecule has 1 amide bonds. The van der Waals surface area contributed by atoms with Gasteiger partial charge in [-0.3, -0.25) is 9.59 Å². The predicted molar refractivity (Wildman–Crippen MR) is 75.6 cm³/mol. The molecule has 1 rings (SSSR count). The molecule has 0 aromatic rings. The number of rotatable bonds is 8. The topological polar surface area (TPSA) is 78.9 Å². The molecule has 1 aliphatic heterocycles. The standard InChI is InChI=1S/C14H26N2O4/c1-11(2)15-13(17)5-9-16-7-3-12(4-8-16)20-10-6-14(18)19/h11-12H,3-10H2,1-2H3,(H,15,17)(H,18,19). The van der Waals surface area contributed by atoms with E-state index in [1.807, 2.05) is 13.8 Å². The first-order valence-corrected chi connectivity index (χ1v) is 7.32. The lowest BCUT2D eigenvalue weighted by molar-refractivity contribution is -0.138. The Hall–Kier alpha value is -1.14. The molecule has 0 aliphatic carbocycles. The van der Waals surface area contributed by atoms with E-state index in [2.05, 4.69) is 10.2 Å². The maximum Gasteiger partial charge on any atom is 0.305 e. The van der Waals surface area contributed by atoms with E-state index in [1.54, 1.807) is 0 Å². The molecule has 0 spiro atoms. The number of aliphatic carboxylic acids is 1. The third kappa shape index (κ3) is 7.45. The summed E-state index contributed by atoms with van der Waals surface area (Å²) >= 11 is 0. The van der Waals surface area contributed by atoms with Gasteiger partial charge in [0.05, 0.1) is 19.1 Å². The highest BCUT2D eigenvalue weighted by molar-refractivity contribution is 5.76. The van der Waals surface area contributed by atoms with Crippen LogP contribution in [-0.4, -0.2) is 60.3 Å². The van der Waals surface area contributed by atoms with Crippen molar-refractivity contribution in [3.05, 3.63) is 0 Å². The van der Waals surface area contributed by atoms with Crippen LogP contribution in [0.3, 0.4) is 0 Å². The van der Waals surface area contributed by atoms with Crippen molar-refractivity contribution in [2.75, 3.05) is 26.2 Å². The van der Waals surface area contributed by atoms with Crippen LogP contribution < -0.4 is 5.32 Å². The van der Waals surface area contributed by atoms with E-state index in [1.165, 1.54) is 0 Å². The molecule has 116 valence electrons. The van der Waals surface area contributed by atoms with E-state index in [0.29, 0.717) is 6.42 Å². The third-order valence-electron chi connectivity index (χ3n) is 3.31. The number of carboxylic acid groups (broad SMARTS) is 1. The maximum atomic E-state index is 11.5. The van der Waals surface area contributed by atoms with Gasteiger partial charge in [0, 0.05) is 32.1 Å². The van der Waals surface area contributed by atoms with Gasteiger partial charge >= 0.3 is 5.97 Å². The van der Waals surface area contributed by atoms with Crippen LogP contribution in [0.15, 0.2) is 0 Å². The Labute approximate surface area is 120 Å². The van der Waals surface area contributed by atoms with Crippen molar-refractivity contribution in [1.82, 2.24) is 10.2 Å². The van der Waals surface area contributed by atoms with Crippen LogP contribution in [0.2, 0.25) is 0 Å². The van der Waals surface area contributed by atoms with Crippen LogP contribution in [0.5, 0.6) is 0 Å². The molecule has 6 heteroatoms. The van der Waals surface area contributed by atoms with Crippen molar-refractivity contribution >= 4 is 11.9 Å². The highest BCUT2D eigenvalue weighted by Gasteiger charge is 2.20. The van der Waals surface area contributed by atoms with Crippen LogP contribution >= 0.6 is 0 Å². The Balaban J connectivity index is 2.09. The van der Waals surface area contributed by atoms with E-state index < -0.39 is 5.97 Å². The second-order valence-electron chi connectivity index (χ2n) is 5.53. The van der Waals surface area contributed by atoms with Gasteiger partial charge in [-0.05, 0) is 26.7 Å². The lowest BCUT2D eigenvalue weighted by Crippen LogP contribution is -2.40. The SMILES string of the molecule is CC(C)NC(=O)CCN1CCC(OCCC(=O)O)CC1. The molecule has 1 aliphatic rings. The Morgan fingerprint density at radius 3 is 2.50 bits per heavy atom. The van der Waals surface area contributed by atoms with Gasteiger partial charge in [-0.25, -0.2) is 0 Å². The van der Waals surface area contributed by atoms with E-state index in [0.717, 1.165) is 32.5 Å². The molecular weight excluding hydrogens is 260 g/mol. The van der Waals surface area contributed by atoms with Gasteiger partial charge in [-0.15, -0.1) is 0 Å². The fraction of sp³-hybridized carbons (Fsp3) is 0.857. The molecule has 0 saturated carbocycles. The number of likely N-dealkylation sites (tertiary alicyclic amines) is 1. The van der Waals surface area contributed by atoms with E-state index >= 15 is 0 Å². The summed E-state index contributed by atoms with van der Waals surface area (Å²) in [5.74, 6) is -0.724. The molecule has 20 heavy (non-hydrogen) atoms. The van der Waals surface area contributed by atoms with Crippen LogP contribution in [0.4, 0.5) is 0 Å². The molecule has 0 atom stereocenters. The number of hydrogen-bond donors (Lipinski definition) is 2. The van der Waals surface area contributed by atoms with Crippen molar-refractivity contribution in [1.29, 1.82) is 0 Å². The van der Waals surface area contributed by atoms with Crippen molar-refractivity contribution in [2.45, 2.75) is 51.7 Å². The number of hydrogen-bond acceptors (Lipinski definition) is 4. The van der Waals surface area contributed by atoms with E-state index in [9.17, 15) is 9.59 Å². The minimum atomic E-state index is -0.821. The van der Waals surface area contributed by atoms with Gasteiger partial charge in [-0.1, -0.05) is 0 Å². The monoisotopic (exact) mass is 286 g/mol. The summed E-state index contributed by atoms with van der Waals surface area (Å²) in [7, 11) is 0. The number of nitrogens with zero attached hydrogens (tertiary/aromatic N) is 1. The molecule has 0 unspecified atom stereocenters. The predicted octanol–water partition coefficient (Wildman–Crippen LogP) is 0.857. The van der Waals surface area contributed by atoms with Gasteiger partial charge in [0.2, 0.25) is 5.91 Å². The maximum absolute atomic E-state index is 11.5. The number of amides is 1. The Morgan fingerprint density at radius 1 is 1.30 bits per heavy atom. The molecule has 1 saturated heterocycles. The van der Waals surface area contributed by atoms with Crippen molar-refractivity contribution in [2.24, 2.45) is 0 Å². The minimum absolute atomic E-state index is 0.0651. The second kappa shape index (κ2) is 8.92. The Morgan fingerprint density at radius 2 is 1.95 bits per heavy atom. The van der Waals surface area contributed by atoms with Gasteiger partial charge in [0.1, 0.15) is 0 Å². The number of carboxylic acids is 1. The smallest absolute Gasteiger partial charge is 0.305 e. The molecule has 0 bridgehead atoms. The van der Waals surface area contributed by atoms with Crippen LogP contribution in [0.1, 0.15) is 39.5 Å². The molecule has 1 heterocycles. The zero-order chi connectivity index (χ0) is 15.0. The van der Waals surface area contributed by atoms with Crippen LogP contribution in [0, 0.1) is 0 Å². The summed E-state index contributed by atoms with van der Waals surface area (Å²) in [5, 5.41) is 11.4. The number of carbonyl (C=O) groups is 2. The number of carbonyl (C=O) groups excluding carboxylic acids is 1. The minimum Gasteiger partial charge on any atom is -0.481 e. The highest BCUT2D eigenvalue weighted by atomic mass is 16.5. The first kappa shape index (κ1) is 16.9. The molecular formula is C14H26N2O4. The third-order valence-corrected chi connectivity index (χ3v) is 3.31. The average molecular weight is 286 g/mol. The number of ether oxygens (including phenoxy) is 1. The summed E-state index contributed by atoms with van der Waals surface area (Å²) in [6, 6.07) is 0.191. The zero-order valence-corrected chi connectivity index (χ0v) is 12.4. The first-order chi connectivity index (χ1) is 9.47. The lowest BCUT2D eigenvalue weighted by atomic mass is 10.1. The van der Waals surface area contributed by atoms with Gasteiger partial charge in [0.25, 0.3) is 0 Å². The number of piperidine rings is 1. The lowest BCUT2D eigenvalue weighted by Gasteiger charge is -2.31. The molecule has 2 N–H and O–H groups in total. The van der Waals surface area contributed by atoms with Crippen LogP contribution in [0.25, 0.3) is 0 Å². The summed E-state index contributed by atoms with van der Waals surface area (Å²) in [5.41, 5.74) is 0. The Bertz CT molecular complexity index is 312.